The zero-order chi connectivity index (χ0) is 17.3. The molecule has 0 spiro atoms. The summed E-state index contributed by atoms with van der Waals surface area (Å²) >= 11 is 1.50. The third-order valence-electron chi connectivity index (χ3n) is 3.74. The topological polar surface area (TPSA) is 68.5 Å². The van der Waals surface area contributed by atoms with E-state index in [-0.39, 0.29) is 11.6 Å². The highest BCUT2D eigenvalue weighted by Crippen LogP contribution is 2.29. The number of hydrogen-bond donors (Lipinski definition) is 1. The standard InChI is InChI=1S/C17H22N6S/c1-11(13-10-23(17(3,4)5)22-12(13)2)19-16-21-20-15(24-16)14-8-6-7-9-18-14/h6-11H,1-5H3,(H,19,21). The molecule has 0 aliphatic rings. The quantitative estimate of drug-likeness (QED) is 0.775. The molecule has 0 radical (unpaired) electrons. The van der Waals surface area contributed by atoms with Crippen LogP contribution in [0.2, 0.25) is 0 Å². The van der Waals surface area contributed by atoms with Crippen LogP contribution in [-0.2, 0) is 5.54 Å². The van der Waals surface area contributed by atoms with E-state index in [1.807, 2.05) is 29.8 Å². The molecule has 24 heavy (non-hydrogen) atoms. The number of anilines is 1. The van der Waals surface area contributed by atoms with Gasteiger partial charge in [-0.1, -0.05) is 17.4 Å². The van der Waals surface area contributed by atoms with Gasteiger partial charge in [0, 0.05) is 18.0 Å². The summed E-state index contributed by atoms with van der Waals surface area (Å²) in [5, 5.41) is 18.1. The van der Waals surface area contributed by atoms with Crippen LogP contribution in [0.5, 0.6) is 0 Å². The predicted molar refractivity (Wildman–Crippen MR) is 97.1 cm³/mol. The van der Waals surface area contributed by atoms with E-state index < -0.39 is 0 Å². The third-order valence-corrected chi connectivity index (χ3v) is 4.62. The molecule has 6 nitrogen and oxygen atoms in total. The molecule has 0 aromatic carbocycles. The smallest absolute Gasteiger partial charge is 0.206 e. The molecule has 0 bridgehead atoms. The van der Waals surface area contributed by atoms with Gasteiger partial charge in [-0.2, -0.15) is 5.10 Å². The van der Waals surface area contributed by atoms with Crippen LogP contribution in [0.25, 0.3) is 10.7 Å². The molecule has 126 valence electrons. The van der Waals surface area contributed by atoms with E-state index >= 15 is 0 Å². The van der Waals surface area contributed by atoms with Gasteiger partial charge in [0.2, 0.25) is 5.13 Å². The van der Waals surface area contributed by atoms with E-state index in [4.69, 9.17) is 0 Å². The second-order valence-electron chi connectivity index (χ2n) is 6.78. The highest BCUT2D eigenvalue weighted by atomic mass is 32.1. The molecule has 1 atom stereocenters. The van der Waals surface area contributed by atoms with Gasteiger partial charge < -0.3 is 5.32 Å². The van der Waals surface area contributed by atoms with Gasteiger partial charge in [0.05, 0.1) is 17.3 Å². The summed E-state index contributed by atoms with van der Waals surface area (Å²) < 4.78 is 2.01. The summed E-state index contributed by atoms with van der Waals surface area (Å²) in [6, 6.07) is 5.88. The lowest BCUT2D eigenvalue weighted by Gasteiger charge is -2.19. The van der Waals surface area contributed by atoms with Gasteiger partial charge in [0.25, 0.3) is 0 Å². The van der Waals surface area contributed by atoms with Crippen LogP contribution in [0.4, 0.5) is 5.13 Å². The van der Waals surface area contributed by atoms with E-state index in [9.17, 15) is 0 Å². The van der Waals surface area contributed by atoms with Crippen molar-refractivity contribution in [2.75, 3.05) is 5.32 Å². The molecule has 0 aliphatic carbocycles. The maximum Gasteiger partial charge on any atom is 0.206 e. The van der Waals surface area contributed by atoms with Crippen molar-refractivity contribution in [3.05, 3.63) is 41.9 Å². The largest absolute Gasteiger partial charge is 0.353 e. The molecular weight excluding hydrogens is 320 g/mol. The number of pyridine rings is 1. The molecule has 0 amide bonds. The Morgan fingerprint density at radius 3 is 2.62 bits per heavy atom. The second kappa shape index (κ2) is 6.32. The molecule has 3 rings (SSSR count). The lowest BCUT2D eigenvalue weighted by Crippen LogP contribution is -2.22. The molecule has 3 aromatic heterocycles. The Bertz CT molecular complexity index is 815. The van der Waals surface area contributed by atoms with Gasteiger partial charge in [-0.3, -0.25) is 9.67 Å². The summed E-state index contributed by atoms with van der Waals surface area (Å²) in [5.41, 5.74) is 3.00. The summed E-state index contributed by atoms with van der Waals surface area (Å²) in [7, 11) is 0. The SMILES string of the molecule is Cc1nn(C(C)(C)C)cc1C(C)Nc1nnc(-c2ccccn2)s1. The summed E-state index contributed by atoms with van der Waals surface area (Å²) in [4.78, 5) is 4.31. The fourth-order valence-electron chi connectivity index (χ4n) is 2.38. The highest BCUT2D eigenvalue weighted by Gasteiger charge is 2.20. The van der Waals surface area contributed by atoms with Crippen molar-refractivity contribution in [2.24, 2.45) is 0 Å². The Hall–Kier alpha value is -2.28. The van der Waals surface area contributed by atoms with Crippen molar-refractivity contribution in [2.45, 2.75) is 46.2 Å². The normalized spacial score (nSPS) is 13.0. The van der Waals surface area contributed by atoms with Crippen molar-refractivity contribution in [3.63, 3.8) is 0 Å². The maximum atomic E-state index is 4.63. The summed E-state index contributed by atoms with van der Waals surface area (Å²) in [6.45, 7) is 10.6. The van der Waals surface area contributed by atoms with Crippen molar-refractivity contribution in [3.8, 4) is 10.7 Å². The van der Waals surface area contributed by atoms with Crippen molar-refractivity contribution >= 4 is 16.5 Å². The van der Waals surface area contributed by atoms with Gasteiger partial charge in [0.1, 0.15) is 5.69 Å². The van der Waals surface area contributed by atoms with Crippen molar-refractivity contribution in [1.82, 2.24) is 25.0 Å². The number of rotatable bonds is 4. The Kier molecular flexibility index (Phi) is 4.36. The van der Waals surface area contributed by atoms with E-state index in [0.717, 1.165) is 21.5 Å². The zero-order valence-corrected chi connectivity index (χ0v) is 15.4. The Morgan fingerprint density at radius 1 is 1.21 bits per heavy atom. The molecule has 3 aromatic rings. The van der Waals surface area contributed by atoms with E-state index in [0.29, 0.717) is 0 Å². The first-order chi connectivity index (χ1) is 11.3. The molecule has 0 saturated heterocycles. The minimum Gasteiger partial charge on any atom is -0.353 e. The number of aryl methyl sites for hydroxylation is 1. The molecular formula is C17H22N6S. The molecule has 1 unspecified atom stereocenters. The summed E-state index contributed by atoms with van der Waals surface area (Å²) in [5.74, 6) is 0. The number of hydrogen-bond acceptors (Lipinski definition) is 6. The van der Waals surface area contributed by atoms with E-state index in [1.54, 1.807) is 6.20 Å². The monoisotopic (exact) mass is 342 g/mol. The first kappa shape index (κ1) is 16.6. The van der Waals surface area contributed by atoms with Crippen molar-refractivity contribution in [1.29, 1.82) is 0 Å². The Labute approximate surface area is 146 Å². The molecule has 0 aliphatic heterocycles. The molecule has 0 saturated carbocycles. The van der Waals surface area contributed by atoms with Crippen LogP contribution in [0, 0.1) is 6.92 Å². The van der Waals surface area contributed by atoms with Crippen LogP contribution in [0.3, 0.4) is 0 Å². The Balaban J connectivity index is 1.77. The van der Waals surface area contributed by atoms with Gasteiger partial charge in [-0.05, 0) is 46.8 Å². The van der Waals surface area contributed by atoms with Gasteiger partial charge in [0.15, 0.2) is 5.01 Å². The average molecular weight is 342 g/mol. The lowest BCUT2D eigenvalue weighted by molar-refractivity contribution is 0.354. The molecule has 3 heterocycles. The lowest BCUT2D eigenvalue weighted by atomic mass is 10.1. The second-order valence-corrected chi connectivity index (χ2v) is 7.76. The number of aromatic nitrogens is 5. The fourth-order valence-corrected chi connectivity index (χ4v) is 3.19. The van der Waals surface area contributed by atoms with Gasteiger partial charge in [-0.25, -0.2) is 0 Å². The summed E-state index contributed by atoms with van der Waals surface area (Å²) in [6.07, 6.45) is 3.87. The molecule has 7 heteroatoms. The van der Waals surface area contributed by atoms with Crippen LogP contribution < -0.4 is 5.32 Å². The molecule has 1 N–H and O–H groups in total. The van der Waals surface area contributed by atoms with Crippen LogP contribution in [0.15, 0.2) is 30.6 Å². The minimum absolute atomic E-state index is 0.0301. The van der Waals surface area contributed by atoms with Gasteiger partial charge >= 0.3 is 0 Å². The van der Waals surface area contributed by atoms with E-state index in [1.165, 1.54) is 16.9 Å². The van der Waals surface area contributed by atoms with Crippen LogP contribution >= 0.6 is 11.3 Å². The van der Waals surface area contributed by atoms with Crippen LogP contribution in [0.1, 0.15) is 45.0 Å². The van der Waals surface area contributed by atoms with Crippen LogP contribution in [-0.4, -0.2) is 25.0 Å². The molecule has 0 fully saturated rings. The zero-order valence-electron chi connectivity index (χ0n) is 14.6. The predicted octanol–water partition coefficient (Wildman–Crippen LogP) is 4.03. The maximum absolute atomic E-state index is 4.63. The number of nitrogens with one attached hydrogen (secondary N) is 1. The first-order valence-electron chi connectivity index (χ1n) is 7.92. The fraction of sp³-hybridized carbons (Fsp3) is 0.412. The Morgan fingerprint density at radius 2 is 2.00 bits per heavy atom. The minimum atomic E-state index is -0.0301. The highest BCUT2D eigenvalue weighted by molar-refractivity contribution is 7.18. The van der Waals surface area contributed by atoms with E-state index in [2.05, 4.69) is 59.5 Å². The first-order valence-corrected chi connectivity index (χ1v) is 8.74. The third kappa shape index (κ3) is 3.46. The van der Waals surface area contributed by atoms with Crippen molar-refractivity contribution < 1.29 is 0 Å². The van der Waals surface area contributed by atoms with Gasteiger partial charge in [-0.15, -0.1) is 10.2 Å². The number of nitrogens with zero attached hydrogens (tertiary/aromatic N) is 5. The average Bonchev–Trinajstić information content (AvgIpc) is 3.14.